The van der Waals surface area contributed by atoms with Crippen LogP contribution in [0.15, 0.2) is 0 Å². The van der Waals surface area contributed by atoms with Crippen molar-refractivity contribution < 1.29 is 14.0 Å². The van der Waals surface area contributed by atoms with Gasteiger partial charge in [-0.25, -0.2) is 4.57 Å². The summed E-state index contributed by atoms with van der Waals surface area (Å²) in [5, 5.41) is 16.3. The average molecular weight is 195 g/mol. The van der Waals surface area contributed by atoms with E-state index in [4.69, 9.17) is 26.7 Å². The molecular weight excluding hydrogens is 190 g/mol. The molecule has 0 spiro atoms. The minimum Gasteiger partial charge on any atom is -0.313 e. The van der Waals surface area contributed by atoms with E-state index in [0.717, 1.165) is 0 Å². The van der Waals surface area contributed by atoms with Crippen LogP contribution in [0.4, 0.5) is 0 Å². The van der Waals surface area contributed by atoms with Crippen molar-refractivity contribution in [3.63, 3.8) is 0 Å². The molecule has 0 amide bonds. The molecule has 0 aromatic carbocycles. The highest BCUT2D eigenvalue weighted by Crippen LogP contribution is 2.47. The first kappa shape index (κ1) is 10.4. The molecule has 0 aliphatic heterocycles. The van der Waals surface area contributed by atoms with Crippen molar-refractivity contribution in [2.75, 3.05) is 6.61 Å². The van der Waals surface area contributed by atoms with Gasteiger partial charge >= 0.3 is 6.95 Å². The van der Waals surface area contributed by atoms with Crippen molar-refractivity contribution in [3.8, 4) is 12.1 Å². The van der Waals surface area contributed by atoms with E-state index in [1.807, 2.05) is 0 Å². The molecular formula is C4H4ClN2O3P. The molecule has 5 nitrogen and oxygen atoms in total. The Morgan fingerprint density at radius 2 is 2.09 bits per heavy atom. The van der Waals surface area contributed by atoms with Crippen molar-refractivity contribution in [2.24, 2.45) is 5.92 Å². The standard InChI is InChI=1S/C4H4ClN2O3P/c5-11(8,9)10-3-4(1-6)2-7/h4H,3H2,(H,8,9). The quantitative estimate of drug-likeness (QED) is 0.677. The Bertz CT molecular complexity index is 235. The third kappa shape index (κ3) is 5.84. The van der Waals surface area contributed by atoms with Crippen LogP contribution in [-0.4, -0.2) is 11.5 Å². The summed E-state index contributed by atoms with van der Waals surface area (Å²) in [6.45, 7) is -4.53. The molecule has 1 N–H and O–H groups in total. The number of hydrogen-bond donors (Lipinski definition) is 1. The lowest BCUT2D eigenvalue weighted by Gasteiger charge is -2.02. The summed E-state index contributed by atoms with van der Waals surface area (Å²) in [5.41, 5.74) is 0. The number of rotatable bonds is 3. The third-order valence-corrected chi connectivity index (χ3v) is 1.47. The van der Waals surface area contributed by atoms with E-state index >= 15 is 0 Å². The first-order valence-electron chi connectivity index (χ1n) is 2.46. The summed E-state index contributed by atoms with van der Waals surface area (Å²) in [6.07, 6.45) is 0. The van der Waals surface area contributed by atoms with Gasteiger partial charge in [-0.3, -0.25) is 4.52 Å². The van der Waals surface area contributed by atoms with E-state index in [1.165, 1.54) is 0 Å². The number of nitrogens with zero attached hydrogens (tertiary/aromatic N) is 2. The highest BCUT2D eigenvalue weighted by Gasteiger charge is 2.17. The second-order valence-corrected chi connectivity index (χ2v) is 4.00. The Kier molecular flexibility index (Phi) is 4.10. The second-order valence-electron chi connectivity index (χ2n) is 1.56. The Balaban J connectivity index is 3.83. The summed E-state index contributed by atoms with van der Waals surface area (Å²) in [5.74, 6) is -1.06. The van der Waals surface area contributed by atoms with Crippen LogP contribution in [0.3, 0.4) is 0 Å². The molecule has 0 radical (unpaired) electrons. The van der Waals surface area contributed by atoms with E-state index in [0.29, 0.717) is 0 Å². The second kappa shape index (κ2) is 4.33. The highest BCUT2D eigenvalue weighted by atomic mass is 35.7. The minimum absolute atomic E-state index is 0.454. The van der Waals surface area contributed by atoms with Crippen LogP contribution in [0.1, 0.15) is 0 Å². The topological polar surface area (TPSA) is 94.1 Å². The smallest absolute Gasteiger partial charge is 0.313 e. The number of nitriles is 2. The number of halogens is 1. The summed E-state index contributed by atoms with van der Waals surface area (Å²) < 4.78 is 14.3. The van der Waals surface area contributed by atoms with Crippen molar-refractivity contribution >= 4 is 18.2 Å². The zero-order chi connectivity index (χ0) is 8.91. The van der Waals surface area contributed by atoms with Gasteiger partial charge in [0.05, 0.1) is 18.7 Å². The van der Waals surface area contributed by atoms with Gasteiger partial charge in [-0.15, -0.1) is 0 Å². The summed E-state index contributed by atoms with van der Waals surface area (Å²) in [7, 11) is 0. The molecule has 0 saturated heterocycles. The first-order valence-corrected chi connectivity index (χ1v) is 4.94. The van der Waals surface area contributed by atoms with Gasteiger partial charge in [-0.05, 0) is 0 Å². The SMILES string of the molecule is N#CC(C#N)COP(=O)(O)Cl. The maximum atomic E-state index is 10.2. The molecule has 0 saturated carbocycles. The Morgan fingerprint density at radius 3 is 2.36 bits per heavy atom. The summed E-state index contributed by atoms with van der Waals surface area (Å²) >= 11 is 4.76. The highest BCUT2D eigenvalue weighted by molar-refractivity contribution is 7.80. The maximum absolute atomic E-state index is 10.2. The van der Waals surface area contributed by atoms with Crippen LogP contribution in [0, 0.1) is 28.6 Å². The number of hydrogen-bond acceptors (Lipinski definition) is 4. The van der Waals surface area contributed by atoms with E-state index in [-0.39, 0.29) is 0 Å². The maximum Gasteiger partial charge on any atom is 0.421 e. The van der Waals surface area contributed by atoms with Crippen molar-refractivity contribution in [2.45, 2.75) is 0 Å². The summed E-state index contributed by atoms with van der Waals surface area (Å²) in [6, 6.07) is 3.09. The van der Waals surface area contributed by atoms with Crippen LogP contribution in [0.2, 0.25) is 0 Å². The summed E-state index contributed by atoms with van der Waals surface area (Å²) in [4.78, 5) is 8.34. The molecule has 0 bridgehead atoms. The Morgan fingerprint density at radius 1 is 1.64 bits per heavy atom. The lowest BCUT2D eigenvalue weighted by molar-refractivity contribution is 0.264. The molecule has 0 rings (SSSR count). The van der Waals surface area contributed by atoms with Gasteiger partial charge in [-0.2, -0.15) is 10.5 Å². The zero-order valence-corrected chi connectivity index (χ0v) is 6.92. The average Bonchev–Trinajstić information content (AvgIpc) is 1.88. The monoisotopic (exact) mass is 194 g/mol. The fraction of sp³-hybridized carbons (Fsp3) is 0.500. The van der Waals surface area contributed by atoms with E-state index in [1.54, 1.807) is 12.1 Å². The molecule has 7 heteroatoms. The van der Waals surface area contributed by atoms with Gasteiger partial charge in [0.15, 0.2) is 5.92 Å². The predicted octanol–water partition coefficient (Wildman–Crippen LogP) is 1.01. The zero-order valence-electron chi connectivity index (χ0n) is 5.27. The van der Waals surface area contributed by atoms with Gasteiger partial charge in [0.2, 0.25) is 0 Å². The van der Waals surface area contributed by atoms with Crippen molar-refractivity contribution in [1.29, 1.82) is 10.5 Å². The van der Waals surface area contributed by atoms with E-state index in [2.05, 4.69) is 4.52 Å². The molecule has 0 aromatic heterocycles. The van der Waals surface area contributed by atoms with E-state index in [9.17, 15) is 4.57 Å². The molecule has 11 heavy (non-hydrogen) atoms. The van der Waals surface area contributed by atoms with Crippen LogP contribution >= 0.6 is 18.2 Å². The van der Waals surface area contributed by atoms with Gasteiger partial charge in [0.1, 0.15) is 0 Å². The molecule has 60 valence electrons. The largest absolute Gasteiger partial charge is 0.421 e. The normalized spacial score (nSPS) is 15.0. The van der Waals surface area contributed by atoms with Gasteiger partial charge in [-0.1, -0.05) is 0 Å². The fourth-order valence-electron chi connectivity index (χ4n) is 0.270. The van der Waals surface area contributed by atoms with Crippen molar-refractivity contribution in [1.82, 2.24) is 0 Å². The lowest BCUT2D eigenvalue weighted by Crippen LogP contribution is -2.01. The molecule has 0 aliphatic rings. The molecule has 0 heterocycles. The molecule has 1 atom stereocenters. The first-order chi connectivity index (χ1) is 4.99. The van der Waals surface area contributed by atoms with Crippen LogP contribution in [-0.2, 0) is 9.09 Å². The molecule has 0 aliphatic carbocycles. The molecule has 0 fully saturated rings. The van der Waals surface area contributed by atoms with Gasteiger partial charge in [0, 0.05) is 11.2 Å². The van der Waals surface area contributed by atoms with Crippen molar-refractivity contribution in [3.05, 3.63) is 0 Å². The van der Waals surface area contributed by atoms with Crippen LogP contribution in [0.5, 0.6) is 0 Å². The van der Waals surface area contributed by atoms with Gasteiger partial charge in [0.25, 0.3) is 0 Å². The Labute approximate surface area is 68.1 Å². The lowest BCUT2D eigenvalue weighted by atomic mass is 10.2. The predicted molar refractivity (Wildman–Crippen MR) is 36.3 cm³/mol. The minimum atomic E-state index is -4.08. The van der Waals surface area contributed by atoms with Crippen LogP contribution in [0.25, 0.3) is 0 Å². The third-order valence-electron chi connectivity index (χ3n) is 0.712. The Hall–Kier alpha value is -0.580. The fourth-order valence-corrected chi connectivity index (χ4v) is 0.772. The van der Waals surface area contributed by atoms with Gasteiger partial charge < -0.3 is 4.89 Å². The molecule has 1 unspecified atom stereocenters. The van der Waals surface area contributed by atoms with Crippen LogP contribution < -0.4 is 0 Å². The molecule has 0 aromatic rings. The van der Waals surface area contributed by atoms with E-state index < -0.39 is 19.5 Å².